The SMILES string of the molecule is O=C1NC[C@@H](c2ccccc2)OC(=O)[C@@H](Cc2ccc(F)cc2)CC/C=C/C[C@@H]1CC(=O)N(CCO)Cc1ccccc1. The van der Waals surface area contributed by atoms with E-state index in [9.17, 15) is 23.9 Å². The number of carbonyl (C=O) groups is 3. The fraction of sp³-hybridized carbons (Fsp3) is 0.343. The third-order valence-corrected chi connectivity index (χ3v) is 7.62. The summed E-state index contributed by atoms with van der Waals surface area (Å²) in [5.74, 6) is -2.34. The summed E-state index contributed by atoms with van der Waals surface area (Å²) in [6, 6.07) is 24.9. The number of amides is 2. The van der Waals surface area contributed by atoms with Crippen molar-refractivity contribution in [2.75, 3.05) is 19.7 Å². The predicted octanol–water partition coefficient (Wildman–Crippen LogP) is 5.15. The van der Waals surface area contributed by atoms with Gasteiger partial charge in [-0.1, -0.05) is 84.9 Å². The Balaban J connectivity index is 1.52. The van der Waals surface area contributed by atoms with Crippen molar-refractivity contribution in [3.8, 4) is 0 Å². The Morgan fingerprint density at radius 1 is 0.907 bits per heavy atom. The van der Waals surface area contributed by atoms with Crippen LogP contribution in [0.4, 0.5) is 4.39 Å². The minimum absolute atomic E-state index is 0.0218. The molecule has 226 valence electrons. The number of carbonyl (C=O) groups excluding carboxylic acids is 3. The molecule has 3 aromatic carbocycles. The van der Waals surface area contributed by atoms with Crippen LogP contribution in [0.25, 0.3) is 0 Å². The molecule has 0 unspecified atom stereocenters. The third kappa shape index (κ3) is 9.89. The van der Waals surface area contributed by atoms with Gasteiger partial charge in [-0.2, -0.15) is 0 Å². The topological polar surface area (TPSA) is 95.9 Å². The number of benzene rings is 3. The lowest BCUT2D eigenvalue weighted by molar-refractivity contribution is -0.155. The van der Waals surface area contributed by atoms with E-state index in [1.807, 2.05) is 72.8 Å². The number of rotatable bonds is 9. The van der Waals surface area contributed by atoms with E-state index in [2.05, 4.69) is 5.32 Å². The Bertz CT molecular complexity index is 1350. The molecule has 8 heteroatoms. The van der Waals surface area contributed by atoms with Gasteiger partial charge in [-0.05, 0) is 54.5 Å². The second-order valence-electron chi connectivity index (χ2n) is 10.8. The monoisotopic (exact) mass is 586 g/mol. The van der Waals surface area contributed by atoms with Gasteiger partial charge in [0.25, 0.3) is 0 Å². The van der Waals surface area contributed by atoms with Crippen LogP contribution < -0.4 is 5.32 Å². The van der Waals surface area contributed by atoms with Crippen LogP contribution in [0.5, 0.6) is 0 Å². The summed E-state index contributed by atoms with van der Waals surface area (Å²) in [6.07, 6.45) is 4.91. The van der Waals surface area contributed by atoms with Crippen LogP contribution in [0.2, 0.25) is 0 Å². The minimum Gasteiger partial charge on any atom is -0.455 e. The van der Waals surface area contributed by atoms with Gasteiger partial charge in [-0.25, -0.2) is 4.39 Å². The summed E-state index contributed by atoms with van der Waals surface area (Å²) in [5.41, 5.74) is 2.52. The lowest BCUT2D eigenvalue weighted by atomic mass is 9.94. The van der Waals surface area contributed by atoms with Crippen LogP contribution in [0.1, 0.15) is 48.5 Å². The van der Waals surface area contributed by atoms with Gasteiger partial charge >= 0.3 is 5.97 Å². The molecule has 43 heavy (non-hydrogen) atoms. The van der Waals surface area contributed by atoms with Gasteiger partial charge < -0.3 is 20.1 Å². The molecule has 0 spiro atoms. The van der Waals surface area contributed by atoms with Crippen LogP contribution in [0.3, 0.4) is 0 Å². The molecule has 0 aromatic heterocycles. The summed E-state index contributed by atoms with van der Waals surface area (Å²) in [6.45, 7) is 0.375. The van der Waals surface area contributed by atoms with E-state index in [0.29, 0.717) is 32.2 Å². The van der Waals surface area contributed by atoms with Crippen LogP contribution in [-0.2, 0) is 32.1 Å². The summed E-state index contributed by atoms with van der Waals surface area (Å²) in [4.78, 5) is 41.8. The van der Waals surface area contributed by atoms with Crippen LogP contribution in [0, 0.1) is 17.7 Å². The Morgan fingerprint density at radius 3 is 2.30 bits per heavy atom. The first-order chi connectivity index (χ1) is 20.9. The van der Waals surface area contributed by atoms with Crippen molar-refractivity contribution in [3.05, 3.63) is 120 Å². The normalized spacial score (nSPS) is 20.5. The highest BCUT2D eigenvalue weighted by Crippen LogP contribution is 2.24. The lowest BCUT2D eigenvalue weighted by Crippen LogP contribution is -2.39. The molecule has 2 amide bonds. The van der Waals surface area contributed by atoms with Crippen LogP contribution >= 0.6 is 0 Å². The molecule has 0 bridgehead atoms. The first-order valence-corrected chi connectivity index (χ1v) is 14.8. The number of hydrogen-bond acceptors (Lipinski definition) is 5. The summed E-state index contributed by atoms with van der Waals surface area (Å²) in [7, 11) is 0. The fourth-order valence-corrected chi connectivity index (χ4v) is 5.19. The highest BCUT2D eigenvalue weighted by atomic mass is 19.1. The number of ether oxygens (including phenoxy) is 1. The zero-order chi connectivity index (χ0) is 30.4. The molecule has 1 aliphatic heterocycles. The van der Waals surface area contributed by atoms with Crippen LogP contribution in [-0.4, -0.2) is 47.5 Å². The van der Waals surface area contributed by atoms with E-state index in [1.54, 1.807) is 17.0 Å². The Labute approximate surface area is 252 Å². The molecule has 3 atom stereocenters. The molecule has 1 heterocycles. The molecule has 0 aliphatic carbocycles. The number of hydrogen-bond donors (Lipinski definition) is 2. The fourth-order valence-electron chi connectivity index (χ4n) is 5.19. The van der Waals surface area contributed by atoms with Gasteiger partial charge in [0.15, 0.2) is 0 Å². The van der Waals surface area contributed by atoms with E-state index in [1.165, 1.54) is 12.1 Å². The van der Waals surface area contributed by atoms with Gasteiger partial charge in [0.05, 0.1) is 25.0 Å². The quantitative estimate of drug-likeness (QED) is 0.267. The number of allylic oxidation sites excluding steroid dienone is 2. The highest BCUT2D eigenvalue weighted by Gasteiger charge is 2.28. The maximum atomic E-state index is 13.5. The van der Waals surface area contributed by atoms with Gasteiger partial charge in [0.2, 0.25) is 11.8 Å². The number of aliphatic hydroxyl groups excluding tert-OH is 1. The van der Waals surface area contributed by atoms with Crippen molar-refractivity contribution in [2.24, 2.45) is 11.8 Å². The van der Waals surface area contributed by atoms with E-state index in [-0.39, 0.29) is 49.7 Å². The Hall–Kier alpha value is -4.30. The molecule has 4 rings (SSSR count). The minimum atomic E-state index is -0.720. The first kappa shape index (κ1) is 31.6. The number of halogens is 1. The molecular weight excluding hydrogens is 547 g/mol. The number of esters is 1. The smallest absolute Gasteiger partial charge is 0.309 e. The maximum Gasteiger partial charge on any atom is 0.309 e. The molecular formula is C35H39FN2O5. The summed E-state index contributed by atoms with van der Waals surface area (Å²) < 4.78 is 19.5. The van der Waals surface area contributed by atoms with Gasteiger partial charge in [-0.15, -0.1) is 0 Å². The van der Waals surface area contributed by atoms with Crippen molar-refractivity contribution in [1.82, 2.24) is 10.2 Å². The average molecular weight is 587 g/mol. The van der Waals surface area contributed by atoms with Gasteiger partial charge in [0, 0.05) is 19.5 Å². The molecule has 2 N–H and O–H groups in total. The van der Waals surface area contributed by atoms with Crippen molar-refractivity contribution in [2.45, 2.75) is 44.8 Å². The van der Waals surface area contributed by atoms with Crippen LogP contribution in [0.15, 0.2) is 97.1 Å². The molecule has 1 aliphatic rings. The molecule has 0 radical (unpaired) electrons. The standard InChI is InChI=1S/C35H39FN2O5/c36-31-18-16-26(17-19-31)22-30-15-9-3-8-14-29(23-33(40)38(20-21-39)25-27-10-4-1-5-11-27)34(41)37-24-32(43-35(30)42)28-12-6-2-7-13-28/h1-8,10-13,16-19,29-30,32,39H,9,14-15,20-25H2,(H,37,41)/b8-3+/t29-,30-,32+/m1/s1. The third-order valence-electron chi connectivity index (χ3n) is 7.62. The van der Waals surface area contributed by atoms with Crippen molar-refractivity contribution in [3.63, 3.8) is 0 Å². The summed E-state index contributed by atoms with van der Waals surface area (Å²) in [5, 5.41) is 12.5. The van der Waals surface area contributed by atoms with Crippen molar-refractivity contribution < 1.29 is 28.6 Å². The number of cyclic esters (lactones) is 1. The van der Waals surface area contributed by atoms with E-state index >= 15 is 0 Å². The summed E-state index contributed by atoms with van der Waals surface area (Å²) >= 11 is 0. The number of nitrogens with zero attached hydrogens (tertiary/aromatic N) is 1. The number of aliphatic hydroxyl groups is 1. The molecule has 0 saturated heterocycles. The predicted molar refractivity (Wildman–Crippen MR) is 162 cm³/mol. The molecule has 3 aromatic rings. The van der Waals surface area contributed by atoms with E-state index < -0.39 is 17.9 Å². The largest absolute Gasteiger partial charge is 0.455 e. The van der Waals surface area contributed by atoms with E-state index in [4.69, 9.17) is 4.74 Å². The highest BCUT2D eigenvalue weighted by molar-refractivity contribution is 5.86. The average Bonchev–Trinajstić information content (AvgIpc) is 3.03. The van der Waals surface area contributed by atoms with Crippen molar-refractivity contribution in [1.29, 1.82) is 0 Å². The zero-order valence-corrected chi connectivity index (χ0v) is 24.2. The second-order valence-corrected chi connectivity index (χ2v) is 10.8. The van der Waals surface area contributed by atoms with Gasteiger partial charge in [0.1, 0.15) is 11.9 Å². The Kier molecular flexibility index (Phi) is 12.0. The van der Waals surface area contributed by atoms with Gasteiger partial charge in [-0.3, -0.25) is 14.4 Å². The Morgan fingerprint density at radius 2 is 1.60 bits per heavy atom. The van der Waals surface area contributed by atoms with Crippen molar-refractivity contribution >= 4 is 17.8 Å². The maximum absolute atomic E-state index is 13.5. The van der Waals surface area contributed by atoms with E-state index in [0.717, 1.165) is 16.7 Å². The lowest BCUT2D eigenvalue weighted by Gasteiger charge is -2.25. The second kappa shape index (κ2) is 16.4. The molecule has 0 fully saturated rings. The molecule has 0 saturated carbocycles. The first-order valence-electron chi connectivity index (χ1n) is 14.8. The molecule has 7 nitrogen and oxygen atoms in total. The zero-order valence-electron chi connectivity index (χ0n) is 24.2. The number of nitrogens with one attached hydrogen (secondary N) is 1.